The average Bonchev–Trinajstić information content (AvgIpc) is 2.79. The van der Waals surface area contributed by atoms with Crippen molar-refractivity contribution in [2.45, 2.75) is 6.54 Å². The fraction of sp³-hybridized carbons (Fsp3) is 0.250. The maximum absolute atomic E-state index is 11.8. The van der Waals surface area contributed by atoms with Gasteiger partial charge in [-0.3, -0.25) is 4.90 Å². The highest BCUT2D eigenvalue weighted by atomic mass is 16.5. The van der Waals surface area contributed by atoms with Gasteiger partial charge in [-0.15, -0.1) is 0 Å². The van der Waals surface area contributed by atoms with Crippen molar-refractivity contribution in [3.8, 4) is 22.4 Å². The van der Waals surface area contributed by atoms with E-state index in [4.69, 9.17) is 15.2 Å². The smallest absolute Gasteiger partial charge is 0.338 e. The molecule has 2 heterocycles. The molecule has 1 saturated heterocycles. The van der Waals surface area contributed by atoms with Crippen LogP contribution >= 0.6 is 0 Å². The highest BCUT2D eigenvalue weighted by Crippen LogP contribution is 2.26. The van der Waals surface area contributed by atoms with E-state index in [1.165, 1.54) is 18.7 Å². The first kappa shape index (κ1) is 20.1. The van der Waals surface area contributed by atoms with Crippen LogP contribution in [-0.4, -0.2) is 49.3 Å². The van der Waals surface area contributed by atoms with Crippen LogP contribution in [0.1, 0.15) is 15.9 Å². The molecule has 6 nitrogen and oxygen atoms in total. The van der Waals surface area contributed by atoms with E-state index in [9.17, 15) is 4.79 Å². The third-order valence-corrected chi connectivity index (χ3v) is 5.24. The van der Waals surface area contributed by atoms with Crippen LogP contribution in [0.15, 0.2) is 60.7 Å². The van der Waals surface area contributed by atoms with Crippen molar-refractivity contribution in [2.24, 2.45) is 0 Å². The Morgan fingerprint density at radius 2 is 1.60 bits per heavy atom. The third-order valence-electron chi connectivity index (χ3n) is 5.24. The predicted octanol–water partition coefficient (Wildman–Crippen LogP) is 3.62. The summed E-state index contributed by atoms with van der Waals surface area (Å²) in [5.74, 6) is -0.146. The lowest BCUT2D eigenvalue weighted by molar-refractivity contribution is 0.0342. The zero-order valence-electron chi connectivity index (χ0n) is 17.0. The number of pyridine rings is 1. The van der Waals surface area contributed by atoms with Gasteiger partial charge in [-0.05, 0) is 28.8 Å². The Kier molecular flexibility index (Phi) is 6.07. The average molecular weight is 403 g/mol. The lowest BCUT2D eigenvalue weighted by Gasteiger charge is -2.26. The molecule has 2 aromatic carbocycles. The third kappa shape index (κ3) is 4.67. The fourth-order valence-corrected chi connectivity index (χ4v) is 3.59. The number of nitrogen functional groups attached to an aromatic ring is 1. The Bertz CT molecular complexity index is 1010. The number of esters is 1. The molecule has 0 saturated carbocycles. The van der Waals surface area contributed by atoms with Gasteiger partial charge in [0.1, 0.15) is 5.82 Å². The molecule has 0 atom stereocenters. The van der Waals surface area contributed by atoms with Crippen molar-refractivity contribution in [1.29, 1.82) is 0 Å². The number of morpholine rings is 1. The zero-order valence-corrected chi connectivity index (χ0v) is 17.0. The first-order valence-corrected chi connectivity index (χ1v) is 9.98. The Labute approximate surface area is 176 Å². The Morgan fingerprint density at radius 3 is 2.23 bits per heavy atom. The molecule has 3 aromatic rings. The van der Waals surface area contributed by atoms with E-state index >= 15 is 0 Å². The molecule has 1 fully saturated rings. The van der Waals surface area contributed by atoms with Crippen molar-refractivity contribution in [3.05, 3.63) is 71.8 Å². The van der Waals surface area contributed by atoms with E-state index in [-0.39, 0.29) is 5.82 Å². The van der Waals surface area contributed by atoms with Gasteiger partial charge in [0.2, 0.25) is 0 Å². The van der Waals surface area contributed by atoms with Gasteiger partial charge in [0.15, 0.2) is 0 Å². The number of benzene rings is 2. The second-order valence-corrected chi connectivity index (χ2v) is 7.32. The second kappa shape index (κ2) is 9.07. The van der Waals surface area contributed by atoms with E-state index in [0.717, 1.165) is 49.5 Å². The van der Waals surface area contributed by atoms with Crippen molar-refractivity contribution in [3.63, 3.8) is 0 Å². The summed E-state index contributed by atoms with van der Waals surface area (Å²) in [6.45, 7) is 4.55. The van der Waals surface area contributed by atoms with E-state index in [0.29, 0.717) is 11.3 Å². The van der Waals surface area contributed by atoms with E-state index in [2.05, 4.69) is 46.3 Å². The molecule has 2 N–H and O–H groups in total. The lowest BCUT2D eigenvalue weighted by atomic mass is 10.0. The van der Waals surface area contributed by atoms with Gasteiger partial charge in [-0.2, -0.15) is 0 Å². The van der Waals surface area contributed by atoms with Gasteiger partial charge in [-0.1, -0.05) is 48.5 Å². The predicted molar refractivity (Wildman–Crippen MR) is 117 cm³/mol. The minimum absolute atomic E-state index is 0.285. The van der Waals surface area contributed by atoms with Crippen molar-refractivity contribution >= 4 is 11.8 Å². The minimum atomic E-state index is -0.431. The zero-order chi connectivity index (χ0) is 20.9. The highest BCUT2D eigenvalue weighted by Gasteiger charge is 2.12. The molecule has 1 aliphatic rings. The van der Waals surface area contributed by atoms with E-state index in [1.807, 2.05) is 12.1 Å². The topological polar surface area (TPSA) is 77.7 Å². The molecule has 0 spiro atoms. The quantitative estimate of drug-likeness (QED) is 0.656. The maximum Gasteiger partial charge on any atom is 0.338 e. The summed E-state index contributed by atoms with van der Waals surface area (Å²) in [6, 6.07) is 19.9. The van der Waals surface area contributed by atoms with Crippen LogP contribution in [0.3, 0.4) is 0 Å². The van der Waals surface area contributed by atoms with Gasteiger partial charge in [0.05, 0.1) is 31.6 Å². The molecule has 154 valence electrons. The molecule has 0 unspecified atom stereocenters. The number of carbonyl (C=O) groups excluding carboxylic acids is 1. The fourth-order valence-electron chi connectivity index (χ4n) is 3.59. The Hall–Kier alpha value is -3.22. The standard InChI is InChI=1S/C24H25N3O3/c1-29-24(28)21-14-22(26-23(25)15-21)20-8-6-19(7-9-20)18-4-2-17(3-5-18)16-27-10-12-30-13-11-27/h2-9,14-15H,10-13,16H2,1H3,(H2,25,26). The highest BCUT2D eigenvalue weighted by molar-refractivity contribution is 5.91. The molecule has 0 bridgehead atoms. The summed E-state index contributed by atoms with van der Waals surface area (Å²) in [5, 5.41) is 0. The van der Waals surface area contributed by atoms with Gasteiger partial charge >= 0.3 is 5.97 Å². The van der Waals surface area contributed by atoms with Crippen LogP contribution in [0.4, 0.5) is 5.82 Å². The first-order chi connectivity index (χ1) is 14.6. The van der Waals surface area contributed by atoms with Gasteiger partial charge in [-0.25, -0.2) is 9.78 Å². The molecule has 1 aliphatic heterocycles. The number of ether oxygens (including phenoxy) is 2. The largest absolute Gasteiger partial charge is 0.465 e. The van der Waals surface area contributed by atoms with Crippen LogP contribution in [0.25, 0.3) is 22.4 Å². The van der Waals surface area contributed by atoms with Crippen LogP contribution in [0.5, 0.6) is 0 Å². The number of hydrogen-bond donors (Lipinski definition) is 1. The molecule has 30 heavy (non-hydrogen) atoms. The SMILES string of the molecule is COC(=O)c1cc(N)nc(-c2ccc(-c3ccc(CN4CCOCC4)cc3)cc2)c1. The van der Waals surface area contributed by atoms with Gasteiger partial charge in [0, 0.05) is 25.2 Å². The van der Waals surface area contributed by atoms with Crippen molar-refractivity contribution in [2.75, 3.05) is 39.1 Å². The minimum Gasteiger partial charge on any atom is -0.465 e. The number of carbonyl (C=O) groups is 1. The van der Waals surface area contributed by atoms with Gasteiger partial charge in [0.25, 0.3) is 0 Å². The van der Waals surface area contributed by atoms with Crippen LogP contribution in [0.2, 0.25) is 0 Å². The molecule has 0 radical (unpaired) electrons. The molecule has 0 amide bonds. The number of methoxy groups -OCH3 is 1. The van der Waals surface area contributed by atoms with Crippen LogP contribution in [0, 0.1) is 0 Å². The molecule has 1 aromatic heterocycles. The Balaban J connectivity index is 1.49. The summed E-state index contributed by atoms with van der Waals surface area (Å²) in [6.07, 6.45) is 0. The number of nitrogens with zero attached hydrogens (tertiary/aromatic N) is 2. The number of rotatable bonds is 5. The summed E-state index contributed by atoms with van der Waals surface area (Å²) < 4.78 is 10.2. The summed E-state index contributed by atoms with van der Waals surface area (Å²) in [7, 11) is 1.35. The first-order valence-electron chi connectivity index (χ1n) is 9.98. The number of nitrogens with two attached hydrogens (primary N) is 1. The Morgan fingerprint density at radius 1 is 1.00 bits per heavy atom. The van der Waals surface area contributed by atoms with Crippen LogP contribution < -0.4 is 5.73 Å². The summed E-state index contributed by atoms with van der Waals surface area (Å²) in [5.41, 5.74) is 11.4. The van der Waals surface area contributed by atoms with E-state index in [1.54, 1.807) is 6.07 Å². The van der Waals surface area contributed by atoms with Gasteiger partial charge < -0.3 is 15.2 Å². The number of hydrogen-bond acceptors (Lipinski definition) is 6. The lowest BCUT2D eigenvalue weighted by Crippen LogP contribution is -2.35. The van der Waals surface area contributed by atoms with Crippen molar-refractivity contribution in [1.82, 2.24) is 9.88 Å². The molecular formula is C24H25N3O3. The maximum atomic E-state index is 11.8. The van der Waals surface area contributed by atoms with E-state index < -0.39 is 5.97 Å². The normalized spacial score (nSPS) is 14.4. The summed E-state index contributed by atoms with van der Waals surface area (Å²) >= 11 is 0. The molecular weight excluding hydrogens is 378 g/mol. The second-order valence-electron chi connectivity index (χ2n) is 7.32. The molecule has 6 heteroatoms. The number of aromatic nitrogens is 1. The number of anilines is 1. The monoisotopic (exact) mass is 403 g/mol. The van der Waals surface area contributed by atoms with Crippen molar-refractivity contribution < 1.29 is 14.3 Å². The van der Waals surface area contributed by atoms with Crippen LogP contribution in [-0.2, 0) is 16.0 Å². The molecule has 0 aliphatic carbocycles. The summed E-state index contributed by atoms with van der Waals surface area (Å²) in [4.78, 5) is 18.6. The molecule has 4 rings (SSSR count).